The Morgan fingerprint density at radius 3 is 2.40 bits per heavy atom. The molecule has 1 saturated heterocycles. The van der Waals surface area contributed by atoms with E-state index in [2.05, 4.69) is 13.2 Å². The van der Waals surface area contributed by atoms with Crippen molar-refractivity contribution in [3.05, 3.63) is 96.6 Å². The minimum Gasteiger partial charge on any atom is -0.463 e. The first-order chi connectivity index (χ1) is 20.4. The highest BCUT2D eigenvalue weighted by Crippen LogP contribution is 2.28. The van der Waals surface area contributed by atoms with Crippen molar-refractivity contribution in [2.45, 2.75) is 70.0 Å². The highest BCUT2D eigenvalue weighted by molar-refractivity contribution is 5.86. The Hall–Kier alpha value is -3.71. The van der Waals surface area contributed by atoms with Gasteiger partial charge in [-0.2, -0.15) is 0 Å². The van der Waals surface area contributed by atoms with E-state index in [0.717, 1.165) is 36.0 Å². The number of likely N-dealkylation sites (tertiary alicyclic amines) is 1. The Labute approximate surface area is 249 Å². The Morgan fingerprint density at radius 2 is 1.69 bits per heavy atom. The van der Waals surface area contributed by atoms with Crippen LogP contribution >= 0.6 is 0 Å². The van der Waals surface area contributed by atoms with Crippen LogP contribution in [0, 0.1) is 11.8 Å². The van der Waals surface area contributed by atoms with Crippen LogP contribution in [-0.2, 0) is 38.5 Å². The summed E-state index contributed by atoms with van der Waals surface area (Å²) in [6.07, 6.45) is 8.06. The van der Waals surface area contributed by atoms with E-state index in [-0.39, 0.29) is 55.4 Å². The van der Waals surface area contributed by atoms with Gasteiger partial charge in [0, 0.05) is 19.5 Å². The zero-order valence-electron chi connectivity index (χ0n) is 24.5. The Kier molecular flexibility index (Phi) is 11.5. The number of amides is 2. The fourth-order valence-corrected chi connectivity index (χ4v) is 6.19. The third-order valence-electron chi connectivity index (χ3n) is 8.56. The van der Waals surface area contributed by atoms with E-state index >= 15 is 0 Å². The van der Waals surface area contributed by atoms with E-state index in [9.17, 15) is 19.5 Å². The molecule has 1 N–H and O–H groups in total. The molecule has 2 heterocycles. The van der Waals surface area contributed by atoms with Crippen molar-refractivity contribution in [2.75, 3.05) is 19.8 Å². The molecule has 0 spiro atoms. The van der Waals surface area contributed by atoms with Gasteiger partial charge in [-0.1, -0.05) is 66.7 Å². The average molecular weight is 573 g/mol. The van der Waals surface area contributed by atoms with Crippen LogP contribution in [0.25, 0.3) is 0 Å². The monoisotopic (exact) mass is 572 g/mol. The minimum absolute atomic E-state index is 0.0488. The summed E-state index contributed by atoms with van der Waals surface area (Å²) in [5.41, 5.74) is 3.30. The number of hydrogen-bond acceptors (Lipinski definition) is 5. The predicted molar refractivity (Wildman–Crippen MR) is 163 cm³/mol. The Bertz CT molecular complexity index is 1230. The van der Waals surface area contributed by atoms with Gasteiger partial charge in [-0.15, -0.1) is 13.2 Å². The van der Waals surface area contributed by atoms with Crippen LogP contribution in [0.4, 0.5) is 0 Å². The number of hydrogen-bond donors (Lipinski definition) is 1. The van der Waals surface area contributed by atoms with E-state index in [1.54, 1.807) is 15.9 Å². The molecule has 0 saturated carbocycles. The highest BCUT2D eigenvalue weighted by atomic mass is 16.5. The lowest BCUT2D eigenvalue weighted by Gasteiger charge is -2.37. The van der Waals surface area contributed by atoms with Crippen molar-refractivity contribution in [1.29, 1.82) is 0 Å². The van der Waals surface area contributed by atoms with Gasteiger partial charge in [0.25, 0.3) is 0 Å². The molecule has 4 unspecified atom stereocenters. The second kappa shape index (κ2) is 15.5. The molecular weight excluding hydrogens is 528 g/mol. The molecule has 1 fully saturated rings. The molecule has 4 atom stereocenters. The van der Waals surface area contributed by atoms with Crippen LogP contribution in [0.2, 0.25) is 0 Å². The molecule has 0 bridgehead atoms. The number of aliphatic hydroxyl groups is 1. The van der Waals surface area contributed by atoms with Crippen LogP contribution in [0.5, 0.6) is 0 Å². The quantitative estimate of drug-likeness (QED) is 0.258. The van der Waals surface area contributed by atoms with E-state index < -0.39 is 5.92 Å². The van der Waals surface area contributed by atoms with Crippen molar-refractivity contribution >= 4 is 17.8 Å². The molecule has 2 aromatic carbocycles. The van der Waals surface area contributed by atoms with Gasteiger partial charge in [0.2, 0.25) is 11.8 Å². The summed E-state index contributed by atoms with van der Waals surface area (Å²) in [4.78, 5) is 44.0. The largest absolute Gasteiger partial charge is 0.463 e. The van der Waals surface area contributed by atoms with Gasteiger partial charge >= 0.3 is 5.97 Å². The number of ether oxygens (including phenoxy) is 1. The average Bonchev–Trinajstić information content (AvgIpc) is 3.49. The van der Waals surface area contributed by atoms with Gasteiger partial charge in [-0.3, -0.25) is 14.4 Å². The molecule has 0 aliphatic carbocycles. The lowest BCUT2D eigenvalue weighted by molar-refractivity contribution is -0.153. The minimum atomic E-state index is -0.554. The first-order valence-corrected chi connectivity index (χ1v) is 15.1. The molecule has 0 radical (unpaired) electrons. The predicted octanol–water partition coefficient (Wildman–Crippen LogP) is 4.87. The number of fused-ring (bicyclic) bond motifs is 1. The van der Waals surface area contributed by atoms with Crippen LogP contribution < -0.4 is 0 Å². The summed E-state index contributed by atoms with van der Waals surface area (Å²) in [5, 5.41) is 10.0. The summed E-state index contributed by atoms with van der Waals surface area (Å²) in [6, 6.07) is 17.3. The highest BCUT2D eigenvalue weighted by Gasteiger charge is 2.37. The lowest BCUT2D eigenvalue weighted by Crippen LogP contribution is -2.48. The molecule has 42 heavy (non-hydrogen) atoms. The number of rotatable bonds is 14. The summed E-state index contributed by atoms with van der Waals surface area (Å²) < 4.78 is 5.83. The fourth-order valence-electron chi connectivity index (χ4n) is 6.19. The molecule has 2 aromatic rings. The number of esters is 1. The number of carbonyl (C=O) groups is 3. The van der Waals surface area contributed by atoms with Crippen LogP contribution in [0.1, 0.15) is 55.2 Å². The summed E-state index contributed by atoms with van der Waals surface area (Å²) >= 11 is 0. The fraction of sp³-hybridized carbons (Fsp3) is 0.457. The third-order valence-corrected chi connectivity index (χ3v) is 8.56. The third kappa shape index (κ3) is 7.97. The van der Waals surface area contributed by atoms with E-state index in [1.165, 1.54) is 0 Å². The zero-order chi connectivity index (χ0) is 29.9. The van der Waals surface area contributed by atoms with Gasteiger partial charge in [-0.25, -0.2) is 0 Å². The second-order valence-electron chi connectivity index (χ2n) is 11.5. The molecule has 2 amide bonds. The summed E-state index contributed by atoms with van der Waals surface area (Å²) in [6.45, 7) is 8.65. The molecule has 4 rings (SSSR count). The van der Waals surface area contributed by atoms with Crippen LogP contribution in [0.3, 0.4) is 0 Å². The SMILES string of the molecule is C=CCCC(Cc1ccccc1)C(=O)OCC1CCCN1C(=O)C(CC=C)CC(=O)N1Cc2ccccc2CC1CO. The first-order valence-electron chi connectivity index (χ1n) is 15.1. The maximum Gasteiger partial charge on any atom is 0.309 e. The number of benzene rings is 2. The van der Waals surface area contributed by atoms with Crippen molar-refractivity contribution in [3.63, 3.8) is 0 Å². The molecule has 224 valence electrons. The van der Waals surface area contributed by atoms with Gasteiger partial charge in [0.15, 0.2) is 0 Å². The van der Waals surface area contributed by atoms with Crippen molar-refractivity contribution in [2.24, 2.45) is 11.8 Å². The van der Waals surface area contributed by atoms with E-state index in [1.807, 2.05) is 60.7 Å². The van der Waals surface area contributed by atoms with Crippen LogP contribution in [0.15, 0.2) is 79.9 Å². The molecule has 0 aromatic heterocycles. The molecule has 7 nitrogen and oxygen atoms in total. The summed E-state index contributed by atoms with van der Waals surface area (Å²) in [5.74, 6) is -1.33. The normalized spacial score (nSPS) is 19.5. The molecule has 2 aliphatic rings. The van der Waals surface area contributed by atoms with E-state index in [4.69, 9.17) is 4.74 Å². The van der Waals surface area contributed by atoms with Crippen molar-refractivity contribution < 1.29 is 24.2 Å². The number of allylic oxidation sites excluding steroid dienone is 2. The Balaban J connectivity index is 1.38. The number of aliphatic hydroxyl groups excluding tert-OH is 1. The smallest absolute Gasteiger partial charge is 0.309 e. The lowest BCUT2D eigenvalue weighted by atomic mass is 9.92. The van der Waals surface area contributed by atoms with Gasteiger partial charge < -0.3 is 19.6 Å². The maximum atomic E-state index is 13.8. The van der Waals surface area contributed by atoms with Gasteiger partial charge in [0.1, 0.15) is 6.61 Å². The number of carbonyl (C=O) groups excluding carboxylic acids is 3. The van der Waals surface area contributed by atoms with E-state index in [0.29, 0.717) is 38.8 Å². The maximum absolute atomic E-state index is 13.8. The molecular formula is C35H44N2O5. The topological polar surface area (TPSA) is 87.2 Å². The molecule has 7 heteroatoms. The molecule has 2 aliphatic heterocycles. The van der Waals surface area contributed by atoms with Crippen molar-refractivity contribution in [1.82, 2.24) is 9.80 Å². The number of nitrogens with zero attached hydrogens (tertiary/aromatic N) is 2. The zero-order valence-corrected chi connectivity index (χ0v) is 24.5. The van der Waals surface area contributed by atoms with Gasteiger partial charge in [0.05, 0.1) is 30.5 Å². The second-order valence-corrected chi connectivity index (χ2v) is 11.5. The Morgan fingerprint density at radius 1 is 0.952 bits per heavy atom. The van der Waals surface area contributed by atoms with Gasteiger partial charge in [-0.05, 0) is 61.6 Å². The van der Waals surface area contributed by atoms with Crippen molar-refractivity contribution in [3.8, 4) is 0 Å². The summed E-state index contributed by atoms with van der Waals surface area (Å²) in [7, 11) is 0. The van der Waals surface area contributed by atoms with Crippen LogP contribution in [-0.4, -0.2) is 64.5 Å². The first kappa shape index (κ1) is 31.2. The standard InChI is InChI=1S/C35H44N2O5/c1-3-5-15-29(20-26-13-7-6-8-14-26)35(41)42-25-31-18-11-19-36(31)34(40)28(12-4-2)22-33(39)37-23-30-17-10-9-16-27(30)21-32(37)24-38/h3-4,6-10,13-14,16-17,28-29,31-32,38H,1-2,5,11-12,15,18-25H2.